The zero-order chi connectivity index (χ0) is 14.0. The van der Waals surface area contributed by atoms with Gasteiger partial charge in [0.1, 0.15) is 0 Å². The Hall–Kier alpha value is -0.0800. The van der Waals surface area contributed by atoms with E-state index < -0.39 is 0 Å². The molecule has 20 heavy (non-hydrogen) atoms. The summed E-state index contributed by atoms with van der Waals surface area (Å²) in [5.74, 6) is 2.83. The minimum atomic E-state index is 0.408. The highest BCUT2D eigenvalue weighted by atomic mass is 15.3. The van der Waals surface area contributed by atoms with Crippen molar-refractivity contribution in [2.45, 2.75) is 70.9 Å². The number of piperazine rings is 1. The van der Waals surface area contributed by atoms with Crippen LogP contribution < -0.4 is 5.32 Å². The van der Waals surface area contributed by atoms with Gasteiger partial charge in [0.05, 0.1) is 0 Å². The fraction of sp³-hybridized carbons (Fsp3) is 1.00. The van der Waals surface area contributed by atoms with Crippen molar-refractivity contribution in [1.82, 2.24) is 10.2 Å². The Bertz CT molecular complexity index is 377. The van der Waals surface area contributed by atoms with Gasteiger partial charge in [-0.2, -0.15) is 0 Å². The first-order valence-electron chi connectivity index (χ1n) is 9.02. The van der Waals surface area contributed by atoms with Gasteiger partial charge in [0, 0.05) is 31.2 Å². The fourth-order valence-corrected chi connectivity index (χ4v) is 4.84. The maximum Gasteiger partial charge on any atom is 0.0309 e. The summed E-state index contributed by atoms with van der Waals surface area (Å²) in [6.45, 7) is 11.2. The van der Waals surface area contributed by atoms with E-state index in [2.05, 4.69) is 31.0 Å². The van der Waals surface area contributed by atoms with E-state index in [9.17, 15) is 0 Å². The minimum Gasteiger partial charge on any atom is -0.308 e. The largest absolute Gasteiger partial charge is 0.308 e. The van der Waals surface area contributed by atoms with Crippen molar-refractivity contribution in [1.29, 1.82) is 0 Å². The molecule has 4 aliphatic rings. The third kappa shape index (κ3) is 2.33. The highest BCUT2D eigenvalue weighted by Gasteiger charge is 2.56. The zero-order valence-electron chi connectivity index (χ0n) is 13.6. The number of nitrogens with one attached hydrogen (secondary N) is 1. The van der Waals surface area contributed by atoms with E-state index in [1.165, 1.54) is 58.2 Å². The Morgan fingerprint density at radius 2 is 1.75 bits per heavy atom. The number of hydrogen-bond donors (Lipinski definition) is 1. The Morgan fingerprint density at radius 1 is 1.10 bits per heavy atom. The van der Waals surface area contributed by atoms with Crippen LogP contribution >= 0.6 is 0 Å². The van der Waals surface area contributed by atoms with E-state index in [1.54, 1.807) is 0 Å². The molecule has 3 aliphatic carbocycles. The van der Waals surface area contributed by atoms with E-state index in [0.29, 0.717) is 5.54 Å². The SMILES string of the molecule is CC(C)C1CNC(C)(C2CC2)CN1CC1(C2CC2)CC1. The van der Waals surface area contributed by atoms with Crippen molar-refractivity contribution in [2.75, 3.05) is 19.6 Å². The highest BCUT2D eigenvalue weighted by Crippen LogP contribution is 2.62. The average Bonchev–Trinajstić information content (AvgIpc) is 3.25. The summed E-state index contributed by atoms with van der Waals surface area (Å²) >= 11 is 0. The predicted molar refractivity (Wildman–Crippen MR) is 83.7 cm³/mol. The molecule has 3 saturated carbocycles. The first-order chi connectivity index (χ1) is 9.52. The molecule has 0 aromatic carbocycles. The van der Waals surface area contributed by atoms with Crippen LogP contribution in [0.5, 0.6) is 0 Å². The van der Waals surface area contributed by atoms with Crippen molar-refractivity contribution in [3.05, 3.63) is 0 Å². The van der Waals surface area contributed by atoms with Gasteiger partial charge in [-0.25, -0.2) is 0 Å². The predicted octanol–water partition coefficient (Wildman–Crippen LogP) is 3.28. The van der Waals surface area contributed by atoms with Gasteiger partial charge < -0.3 is 5.32 Å². The van der Waals surface area contributed by atoms with Crippen LogP contribution in [0.1, 0.15) is 59.3 Å². The minimum absolute atomic E-state index is 0.408. The van der Waals surface area contributed by atoms with E-state index in [4.69, 9.17) is 0 Å². The summed E-state index contributed by atoms with van der Waals surface area (Å²) in [6.07, 6.45) is 9.00. The van der Waals surface area contributed by atoms with Gasteiger partial charge in [0.2, 0.25) is 0 Å². The van der Waals surface area contributed by atoms with Crippen LogP contribution in [0.25, 0.3) is 0 Å². The molecule has 0 aromatic rings. The Kier molecular flexibility index (Phi) is 3.03. The summed E-state index contributed by atoms with van der Waals surface area (Å²) in [5, 5.41) is 3.93. The zero-order valence-corrected chi connectivity index (χ0v) is 13.6. The molecule has 0 aromatic heterocycles. The van der Waals surface area contributed by atoms with Gasteiger partial charge in [-0.1, -0.05) is 13.8 Å². The number of nitrogens with zero attached hydrogens (tertiary/aromatic N) is 1. The third-order valence-electron chi connectivity index (χ3n) is 6.82. The third-order valence-corrected chi connectivity index (χ3v) is 6.82. The lowest BCUT2D eigenvalue weighted by Crippen LogP contribution is -2.65. The van der Waals surface area contributed by atoms with Crippen molar-refractivity contribution in [3.8, 4) is 0 Å². The topological polar surface area (TPSA) is 15.3 Å². The molecule has 1 heterocycles. The van der Waals surface area contributed by atoms with Crippen LogP contribution in [0.3, 0.4) is 0 Å². The summed E-state index contributed by atoms with van der Waals surface area (Å²) in [6, 6.07) is 0.762. The maximum atomic E-state index is 3.93. The number of rotatable bonds is 5. The van der Waals surface area contributed by atoms with Crippen molar-refractivity contribution in [3.63, 3.8) is 0 Å². The average molecular weight is 276 g/mol. The Labute approximate surface area is 124 Å². The molecule has 4 fully saturated rings. The van der Waals surface area contributed by atoms with Crippen molar-refractivity contribution in [2.24, 2.45) is 23.2 Å². The first kappa shape index (κ1) is 13.6. The molecule has 1 aliphatic heterocycles. The summed E-state index contributed by atoms with van der Waals surface area (Å²) in [5.41, 5.74) is 1.17. The van der Waals surface area contributed by atoms with E-state index in [0.717, 1.165) is 29.2 Å². The van der Waals surface area contributed by atoms with Crippen LogP contribution in [0.2, 0.25) is 0 Å². The molecule has 2 heteroatoms. The van der Waals surface area contributed by atoms with Gasteiger partial charge in [0.15, 0.2) is 0 Å². The summed E-state index contributed by atoms with van der Waals surface area (Å²) < 4.78 is 0. The molecular weight excluding hydrogens is 244 g/mol. The monoisotopic (exact) mass is 276 g/mol. The second kappa shape index (κ2) is 4.46. The Balaban J connectivity index is 1.49. The maximum absolute atomic E-state index is 3.93. The molecule has 2 nitrogen and oxygen atoms in total. The Morgan fingerprint density at radius 3 is 2.25 bits per heavy atom. The molecule has 0 spiro atoms. The van der Waals surface area contributed by atoms with Crippen LogP contribution in [0, 0.1) is 23.2 Å². The number of hydrogen-bond acceptors (Lipinski definition) is 2. The van der Waals surface area contributed by atoms with Crippen LogP contribution in [-0.2, 0) is 0 Å². The molecule has 1 N–H and O–H groups in total. The van der Waals surface area contributed by atoms with Crippen molar-refractivity contribution < 1.29 is 0 Å². The fourth-order valence-electron chi connectivity index (χ4n) is 4.84. The van der Waals surface area contributed by atoms with Gasteiger partial charge in [-0.3, -0.25) is 4.90 Å². The van der Waals surface area contributed by atoms with Crippen molar-refractivity contribution >= 4 is 0 Å². The molecule has 4 rings (SSSR count). The van der Waals surface area contributed by atoms with Gasteiger partial charge in [0.25, 0.3) is 0 Å². The molecule has 1 saturated heterocycles. The molecule has 2 unspecified atom stereocenters. The summed E-state index contributed by atoms with van der Waals surface area (Å²) in [4.78, 5) is 2.91. The molecular formula is C18H32N2. The molecule has 0 radical (unpaired) electrons. The highest BCUT2D eigenvalue weighted by molar-refractivity contribution is 5.10. The normalized spacial score (nSPS) is 41.1. The second-order valence-corrected chi connectivity index (χ2v) is 8.93. The van der Waals surface area contributed by atoms with Crippen LogP contribution in [0.15, 0.2) is 0 Å². The lowest BCUT2D eigenvalue weighted by atomic mass is 9.86. The molecule has 0 bridgehead atoms. The van der Waals surface area contributed by atoms with E-state index in [-0.39, 0.29) is 0 Å². The van der Waals surface area contributed by atoms with E-state index >= 15 is 0 Å². The standard InChI is InChI=1S/C18H32N2/c1-13(2)16-10-19-17(3,14-4-5-14)11-20(16)12-18(8-9-18)15-6-7-15/h13-16,19H,4-12H2,1-3H3. The van der Waals surface area contributed by atoms with Crippen LogP contribution in [-0.4, -0.2) is 36.1 Å². The molecule has 0 amide bonds. The summed E-state index contributed by atoms with van der Waals surface area (Å²) in [7, 11) is 0. The lowest BCUT2D eigenvalue weighted by Gasteiger charge is -2.49. The van der Waals surface area contributed by atoms with E-state index in [1.807, 2.05) is 0 Å². The lowest BCUT2D eigenvalue weighted by molar-refractivity contribution is 0.0329. The van der Waals surface area contributed by atoms with Gasteiger partial charge in [-0.15, -0.1) is 0 Å². The smallest absolute Gasteiger partial charge is 0.0309 e. The second-order valence-electron chi connectivity index (χ2n) is 8.93. The van der Waals surface area contributed by atoms with Crippen LogP contribution in [0.4, 0.5) is 0 Å². The molecule has 114 valence electrons. The van der Waals surface area contributed by atoms with Gasteiger partial charge in [-0.05, 0) is 68.6 Å². The first-order valence-corrected chi connectivity index (χ1v) is 9.02. The molecule has 2 atom stereocenters. The van der Waals surface area contributed by atoms with Gasteiger partial charge >= 0.3 is 0 Å². The quantitative estimate of drug-likeness (QED) is 0.829.